The first-order chi connectivity index (χ1) is 8.92. The van der Waals surface area contributed by atoms with E-state index in [2.05, 4.69) is 36.1 Å². The lowest BCUT2D eigenvalue weighted by atomic mass is 10.1. The molecule has 0 aliphatic heterocycles. The monoisotopic (exact) mass is 227 g/mol. The van der Waals surface area contributed by atoms with Gasteiger partial charge in [-0.05, 0) is 41.1 Å². The van der Waals surface area contributed by atoms with Crippen LogP contribution in [-0.2, 0) is 0 Å². The van der Waals surface area contributed by atoms with E-state index in [1.54, 1.807) is 0 Å². The Morgan fingerprint density at radius 2 is 1.44 bits per heavy atom. The molecule has 0 bridgehead atoms. The average Bonchev–Trinajstić information content (AvgIpc) is 2.46. The molecule has 0 aliphatic rings. The second-order valence-corrected chi connectivity index (χ2v) is 4.09. The van der Waals surface area contributed by atoms with Gasteiger partial charge in [0.25, 0.3) is 0 Å². The molecule has 0 fully saturated rings. The molecule has 18 heavy (non-hydrogen) atoms. The first kappa shape index (κ1) is 10.6. The number of rotatable bonds is 0. The highest BCUT2D eigenvalue weighted by Crippen LogP contribution is 2.14. The van der Waals surface area contributed by atoms with Crippen LogP contribution in [0.25, 0.3) is 10.8 Å². The Morgan fingerprint density at radius 1 is 0.722 bits per heavy atom. The van der Waals surface area contributed by atoms with Crippen molar-refractivity contribution in [2.75, 3.05) is 0 Å². The van der Waals surface area contributed by atoms with E-state index in [0.29, 0.717) is 0 Å². The van der Waals surface area contributed by atoms with Crippen LogP contribution < -0.4 is 0 Å². The van der Waals surface area contributed by atoms with Gasteiger partial charge in [0.05, 0.1) is 0 Å². The van der Waals surface area contributed by atoms with Crippen molar-refractivity contribution >= 4 is 10.8 Å². The predicted octanol–water partition coefficient (Wildman–Crippen LogP) is 4.04. The van der Waals surface area contributed by atoms with Crippen molar-refractivity contribution in [2.24, 2.45) is 0 Å². The maximum atomic E-state index is 3.25. The molecular weight excluding hydrogens is 216 g/mol. The van der Waals surface area contributed by atoms with Gasteiger partial charge in [-0.3, -0.25) is 0 Å². The van der Waals surface area contributed by atoms with Crippen LogP contribution in [0.1, 0.15) is 11.1 Å². The first-order valence-corrected chi connectivity index (χ1v) is 5.89. The van der Waals surface area contributed by atoms with E-state index in [4.69, 9.17) is 0 Å². The Bertz CT molecular complexity index is 728. The fourth-order valence-corrected chi connectivity index (χ4v) is 1.86. The second-order valence-electron chi connectivity index (χ2n) is 4.09. The van der Waals surface area contributed by atoms with E-state index in [1.807, 2.05) is 48.5 Å². The van der Waals surface area contributed by atoms with Crippen molar-refractivity contribution in [3.63, 3.8) is 0 Å². The number of fused-ring (bicyclic) bond motifs is 1. The van der Waals surface area contributed by atoms with Gasteiger partial charge >= 0.3 is 0 Å². The molecule has 0 unspecified atom stereocenters. The number of benzene rings is 3. The minimum atomic E-state index is 0.998. The van der Waals surface area contributed by atoms with Gasteiger partial charge in [0, 0.05) is 11.1 Å². The summed E-state index contributed by atoms with van der Waals surface area (Å²) in [6, 6.07) is 25.5. The standard InChI is InChI=1S/C18H11/c1-2-6-15(7-3-1)10-11-16-12-13-17-8-4-5-9-18(17)14-16/h1-9,12,14H. The molecule has 3 rings (SSSR count). The van der Waals surface area contributed by atoms with E-state index in [-0.39, 0.29) is 0 Å². The summed E-state index contributed by atoms with van der Waals surface area (Å²) in [5.74, 6) is 6.33. The molecule has 0 heteroatoms. The lowest BCUT2D eigenvalue weighted by Gasteiger charge is -1.96. The van der Waals surface area contributed by atoms with Crippen LogP contribution in [0.15, 0.2) is 66.7 Å². The van der Waals surface area contributed by atoms with E-state index in [9.17, 15) is 0 Å². The molecule has 0 heterocycles. The largest absolute Gasteiger partial charge is 0.0622 e. The molecular formula is C18H11. The fraction of sp³-hybridized carbons (Fsp3) is 0. The molecule has 0 saturated heterocycles. The Kier molecular flexibility index (Phi) is 2.82. The van der Waals surface area contributed by atoms with Gasteiger partial charge in [-0.15, -0.1) is 0 Å². The van der Waals surface area contributed by atoms with Crippen LogP contribution in [0, 0.1) is 17.9 Å². The summed E-state index contributed by atoms with van der Waals surface area (Å²) in [5, 5.41) is 2.31. The molecule has 0 nitrogen and oxygen atoms in total. The summed E-state index contributed by atoms with van der Waals surface area (Å²) in [6.07, 6.45) is 0. The zero-order valence-electron chi connectivity index (χ0n) is 9.85. The van der Waals surface area contributed by atoms with Gasteiger partial charge in [-0.1, -0.05) is 54.3 Å². The summed E-state index contributed by atoms with van der Waals surface area (Å²) < 4.78 is 0. The third kappa shape index (κ3) is 2.26. The lowest BCUT2D eigenvalue weighted by Crippen LogP contribution is -1.77. The van der Waals surface area contributed by atoms with Crippen molar-refractivity contribution in [1.29, 1.82) is 0 Å². The van der Waals surface area contributed by atoms with Gasteiger partial charge in [-0.25, -0.2) is 0 Å². The van der Waals surface area contributed by atoms with Gasteiger partial charge in [-0.2, -0.15) is 0 Å². The molecule has 0 aromatic heterocycles. The van der Waals surface area contributed by atoms with Crippen LogP contribution in [0.5, 0.6) is 0 Å². The highest BCUT2D eigenvalue weighted by atomic mass is 14.0. The van der Waals surface area contributed by atoms with Crippen LogP contribution in [0.4, 0.5) is 0 Å². The SMILES string of the molecule is C(#Cc1c[c]c2ccccc2c1)c1ccccc1. The fourth-order valence-electron chi connectivity index (χ4n) is 1.86. The predicted molar refractivity (Wildman–Crippen MR) is 75.2 cm³/mol. The van der Waals surface area contributed by atoms with Crippen molar-refractivity contribution < 1.29 is 0 Å². The molecule has 83 valence electrons. The minimum Gasteiger partial charge on any atom is -0.0622 e. The van der Waals surface area contributed by atoms with Gasteiger partial charge < -0.3 is 0 Å². The van der Waals surface area contributed by atoms with Crippen LogP contribution in [-0.4, -0.2) is 0 Å². The third-order valence-electron chi connectivity index (χ3n) is 2.78. The van der Waals surface area contributed by atoms with E-state index in [1.165, 1.54) is 5.39 Å². The zero-order valence-corrected chi connectivity index (χ0v) is 9.85. The minimum absolute atomic E-state index is 0.998. The smallest absolute Gasteiger partial charge is 0.0261 e. The quantitative estimate of drug-likeness (QED) is 0.508. The molecule has 0 N–H and O–H groups in total. The normalized spacial score (nSPS) is 9.78. The molecule has 1 radical (unpaired) electrons. The molecule has 0 atom stereocenters. The van der Waals surface area contributed by atoms with E-state index in [0.717, 1.165) is 16.5 Å². The Hall–Kier alpha value is -2.52. The van der Waals surface area contributed by atoms with E-state index < -0.39 is 0 Å². The van der Waals surface area contributed by atoms with Crippen LogP contribution in [0.3, 0.4) is 0 Å². The average molecular weight is 227 g/mol. The van der Waals surface area contributed by atoms with E-state index >= 15 is 0 Å². The zero-order chi connectivity index (χ0) is 12.2. The molecule has 0 amide bonds. The third-order valence-corrected chi connectivity index (χ3v) is 2.78. The highest BCUT2D eigenvalue weighted by molar-refractivity contribution is 5.83. The molecule has 0 aliphatic carbocycles. The molecule has 3 aromatic rings. The first-order valence-electron chi connectivity index (χ1n) is 5.89. The van der Waals surface area contributed by atoms with Crippen LogP contribution >= 0.6 is 0 Å². The summed E-state index contributed by atoms with van der Waals surface area (Å²) >= 11 is 0. The summed E-state index contributed by atoms with van der Waals surface area (Å²) in [4.78, 5) is 0. The maximum Gasteiger partial charge on any atom is 0.0261 e. The Balaban J connectivity index is 1.99. The van der Waals surface area contributed by atoms with Gasteiger partial charge in [0.2, 0.25) is 0 Å². The van der Waals surface area contributed by atoms with Crippen molar-refractivity contribution in [2.45, 2.75) is 0 Å². The molecule has 3 aromatic carbocycles. The van der Waals surface area contributed by atoms with Gasteiger partial charge in [0.15, 0.2) is 0 Å². The molecule has 0 spiro atoms. The van der Waals surface area contributed by atoms with Crippen LogP contribution in [0.2, 0.25) is 0 Å². The summed E-state index contributed by atoms with van der Waals surface area (Å²) in [6.45, 7) is 0. The molecule has 0 saturated carbocycles. The number of hydrogen-bond acceptors (Lipinski definition) is 0. The Labute approximate surface area is 107 Å². The highest BCUT2D eigenvalue weighted by Gasteiger charge is 1.93. The van der Waals surface area contributed by atoms with Crippen molar-refractivity contribution in [3.05, 3.63) is 83.9 Å². The van der Waals surface area contributed by atoms with Gasteiger partial charge in [0.1, 0.15) is 0 Å². The lowest BCUT2D eigenvalue weighted by molar-refractivity contribution is 1.64. The maximum absolute atomic E-state index is 3.25. The number of hydrogen-bond donors (Lipinski definition) is 0. The van der Waals surface area contributed by atoms with Crippen molar-refractivity contribution in [1.82, 2.24) is 0 Å². The topological polar surface area (TPSA) is 0 Å². The van der Waals surface area contributed by atoms with Crippen molar-refractivity contribution in [3.8, 4) is 11.8 Å². The Morgan fingerprint density at radius 3 is 2.33 bits per heavy atom. The summed E-state index contributed by atoms with van der Waals surface area (Å²) in [5.41, 5.74) is 2.03. The second kappa shape index (κ2) is 4.77. The summed E-state index contributed by atoms with van der Waals surface area (Å²) in [7, 11) is 0.